The highest BCUT2D eigenvalue weighted by Crippen LogP contribution is 2.41. The second-order valence-electron chi connectivity index (χ2n) is 10.2. The van der Waals surface area contributed by atoms with Gasteiger partial charge in [-0.25, -0.2) is 8.42 Å². The minimum atomic E-state index is -3.75. The maximum Gasteiger partial charge on any atom is 0.250 e. The fraction of sp³-hybridized carbons (Fsp3) is 0.357. The van der Waals surface area contributed by atoms with Crippen molar-refractivity contribution >= 4 is 38.3 Å². The fourth-order valence-corrected chi connectivity index (χ4v) is 7.31. The zero-order valence-electron chi connectivity index (χ0n) is 20.5. The lowest BCUT2D eigenvalue weighted by Gasteiger charge is -2.42. The number of carbonyl (C=O) groups is 2. The Kier molecular flexibility index (Phi) is 5.92. The fourth-order valence-electron chi connectivity index (χ4n) is 5.65. The lowest BCUT2D eigenvalue weighted by molar-refractivity contribution is -0.137. The summed E-state index contributed by atoms with van der Waals surface area (Å²) in [6.07, 6.45) is 2.68. The average Bonchev–Trinajstić information content (AvgIpc) is 3.70. The Bertz CT molecular complexity index is 1440. The van der Waals surface area contributed by atoms with Crippen molar-refractivity contribution in [3.05, 3.63) is 72.8 Å². The first kappa shape index (κ1) is 23.9. The van der Waals surface area contributed by atoms with E-state index in [1.807, 2.05) is 60.7 Å². The Balaban J connectivity index is 1.27. The van der Waals surface area contributed by atoms with Gasteiger partial charge in [-0.2, -0.15) is 4.31 Å². The van der Waals surface area contributed by atoms with E-state index in [1.54, 1.807) is 17.0 Å². The van der Waals surface area contributed by atoms with Crippen LogP contribution in [0.1, 0.15) is 25.7 Å². The molecule has 0 atom stereocenters. The first-order valence-corrected chi connectivity index (χ1v) is 14.2. The summed E-state index contributed by atoms with van der Waals surface area (Å²) in [6.45, 7) is 0.765. The van der Waals surface area contributed by atoms with E-state index in [2.05, 4.69) is 10.2 Å². The van der Waals surface area contributed by atoms with Crippen LogP contribution in [0.3, 0.4) is 0 Å². The molecule has 1 aliphatic carbocycles. The molecule has 2 aliphatic heterocycles. The van der Waals surface area contributed by atoms with Crippen LogP contribution in [0.2, 0.25) is 0 Å². The summed E-state index contributed by atoms with van der Waals surface area (Å²) in [5.41, 5.74) is 0.0118. The number of carbonyl (C=O) groups excluding carboxylic acids is 2. The highest BCUT2D eigenvalue weighted by Gasteiger charge is 2.55. The van der Waals surface area contributed by atoms with Crippen LogP contribution in [0.25, 0.3) is 10.8 Å². The molecular weight excluding hydrogens is 488 g/mol. The number of amides is 2. The van der Waals surface area contributed by atoms with E-state index in [1.165, 1.54) is 4.31 Å². The van der Waals surface area contributed by atoms with E-state index in [9.17, 15) is 18.0 Å². The summed E-state index contributed by atoms with van der Waals surface area (Å²) in [4.78, 5) is 30.3. The molecule has 192 valence electrons. The largest absolute Gasteiger partial charge is 0.352 e. The topological polar surface area (TPSA) is 90.0 Å². The Morgan fingerprint density at radius 1 is 0.919 bits per heavy atom. The third-order valence-electron chi connectivity index (χ3n) is 7.78. The van der Waals surface area contributed by atoms with Crippen molar-refractivity contribution < 1.29 is 18.0 Å². The van der Waals surface area contributed by atoms with Gasteiger partial charge in [0.1, 0.15) is 12.1 Å². The van der Waals surface area contributed by atoms with Gasteiger partial charge >= 0.3 is 0 Å². The highest BCUT2D eigenvalue weighted by atomic mass is 32.2. The summed E-state index contributed by atoms with van der Waals surface area (Å²) in [6, 6.07) is 22.7. The van der Waals surface area contributed by atoms with Crippen LogP contribution in [0.4, 0.5) is 5.69 Å². The van der Waals surface area contributed by atoms with E-state index in [0.717, 1.165) is 23.9 Å². The quantitative estimate of drug-likeness (QED) is 0.542. The first-order chi connectivity index (χ1) is 17.9. The van der Waals surface area contributed by atoms with Gasteiger partial charge in [-0.15, -0.1) is 0 Å². The summed E-state index contributed by atoms with van der Waals surface area (Å²) in [7, 11) is -3.75. The molecule has 1 N–H and O–H groups in total. The van der Waals surface area contributed by atoms with Crippen molar-refractivity contribution in [3.63, 3.8) is 0 Å². The van der Waals surface area contributed by atoms with E-state index in [4.69, 9.17) is 0 Å². The number of anilines is 1. The van der Waals surface area contributed by atoms with Crippen LogP contribution in [-0.2, 0) is 19.6 Å². The van der Waals surface area contributed by atoms with Gasteiger partial charge in [0.05, 0.1) is 11.6 Å². The maximum atomic E-state index is 13.8. The zero-order chi connectivity index (χ0) is 25.6. The predicted octanol–water partition coefficient (Wildman–Crippen LogP) is 2.95. The van der Waals surface area contributed by atoms with Crippen molar-refractivity contribution in [1.29, 1.82) is 0 Å². The number of hydrogen-bond acceptors (Lipinski definition) is 5. The van der Waals surface area contributed by atoms with Crippen molar-refractivity contribution in [1.82, 2.24) is 14.5 Å². The molecule has 1 spiro atoms. The number of hydrogen-bond donors (Lipinski definition) is 1. The lowest BCUT2D eigenvalue weighted by atomic mass is 9.86. The summed E-state index contributed by atoms with van der Waals surface area (Å²) in [5.74, 6) is -0.249. The minimum absolute atomic E-state index is 0.0123. The minimum Gasteiger partial charge on any atom is -0.352 e. The lowest BCUT2D eigenvalue weighted by Crippen LogP contribution is -2.57. The molecule has 3 fully saturated rings. The van der Waals surface area contributed by atoms with Crippen LogP contribution in [0, 0.1) is 0 Å². The molecule has 0 unspecified atom stereocenters. The van der Waals surface area contributed by atoms with Gasteiger partial charge in [-0.05, 0) is 49.3 Å². The summed E-state index contributed by atoms with van der Waals surface area (Å²) < 4.78 is 28.9. The molecule has 0 radical (unpaired) electrons. The van der Waals surface area contributed by atoms with Gasteiger partial charge in [-0.1, -0.05) is 54.6 Å². The van der Waals surface area contributed by atoms with Crippen molar-refractivity contribution in [3.8, 4) is 0 Å². The molecule has 1 saturated carbocycles. The number of piperidine rings is 1. The van der Waals surface area contributed by atoms with E-state index in [0.29, 0.717) is 24.9 Å². The number of nitrogens with one attached hydrogen (secondary N) is 1. The van der Waals surface area contributed by atoms with Crippen LogP contribution in [0.15, 0.2) is 77.7 Å². The molecule has 2 saturated heterocycles. The number of benzene rings is 3. The van der Waals surface area contributed by atoms with Crippen LogP contribution < -0.4 is 10.2 Å². The second-order valence-corrected chi connectivity index (χ2v) is 12.1. The highest BCUT2D eigenvalue weighted by molar-refractivity contribution is 7.89. The second kappa shape index (κ2) is 9.15. The molecule has 6 rings (SSSR count). The van der Waals surface area contributed by atoms with Gasteiger partial charge in [0.15, 0.2) is 0 Å². The van der Waals surface area contributed by atoms with Crippen molar-refractivity contribution in [2.24, 2.45) is 0 Å². The number of fused-ring (bicyclic) bond motifs is 1. The third kappa shape index (κ3) is 4.26. The normalized spacial score (nSPS) is 20.1. The summed E-state index contributed by atoms with van der Waals surface area (Å²) >= 11 is 0. The zero-order valence-corrected chi connectivity index (χ0v) is 21.4. The Labute approximate surface area is 216 Å². The molecule has 3 aromatic carbocycles. The van der Waals surface area contributed by atoms with Gasteiger partial charge in [-0.3, -0.25) is 9.59 Å². The third-order valence-corrected chi connectivity index (χ3v) is 9.73. The average molecular weight is 519 g/mol. The van der Waals surface area contributed by atoms with Crippen molar-refractivity contribution in [2.75, 3.05) is 31.2 Å². The van der Waals surface area contributed by atoms with Gasteiger partial charge in [0, 0.05) is 30.2 Å². The standard InChI is InChI=1S/C28H30N4O4S/c33-26(29-22-13-14-22)19-30-20-32(23-9-2-1-3-10-23)28(27(30)34)15-17-31(18-16-28)37(35,36)25-12-6-8-21-7-4-5-11-24(21)25/h1-12,22H,13-20H2,(H,29,33). The molecule has 37 heavy (non-hydrogen) atoms. The van der Waals surface area contributed by atoms with Crippen molar-refractivity contribution in [2.45, 2.75) is 42.2 Å². The predicted molar refractivity (Wildman–Crippen MR) is 141 cm³/mol. The van der Waals surface area contributed by atoms with Crippen LogP contribution in [-0.4, -0.2) is 67.3 Å². The molecule has 3 aromatic rings. The Morgan fingerprint density at radius 3 is 2.32 bits per heavy atom. The Morgan fingerprint density at radius 2 is 1.59 bits per heavy atom. The van der Waals surface area contributed by atoms with E-state index < -0.39 is 15.6 Å². The molecule has 9 heteroatoms. The number of nitrogens with zero attached hydrogens (tertiary/aromatic N) is 3. The smallest absolute Gasteiger partial charge is 0.250 e. The molecule has 0 bridgehead atoms. The monoisotopic (exact) mass is 518 g/mol. The first-order valence-electron chi connectivity index (χ1n) is 12.8. The Hall–Kier alpha value is -3.43. The SMILES string of the molecule is O=C(CN1CN(c2ccccc2)C2(CCN(S(=O)(=O)c3cccc4ccccc34)CC2)C1=O)NC1CC1. The molecule has 2 amide bonds. The van der Waals surface area contributed by atoms with Crippen LogP contribution >= 0.6 is 0 Å². The van der Waals surface area contributed by atoms with Crippen LogP contribution in [0.5, 0.6) is 0 Å². The molecule has 3 aliphatic rings. The maximum absolute atomic E-state index is 13.8. The molecule has 2 heterocycles. The molecular formula is C28H30N4O4S. The van der Waals surface area contributed by atoms with Gasteiger partial charge in [0.25, 0.3) is 0 Å². The van der Waals surface area contributed by atoms with E-state index >= 15 is 0 Å². The van der Waals surface area contributed by atoms with E-state index in [-0.39, 0.29) is 42.4 Å². The summed E-state index contributed by atoms with van der Waals surface area (Å²) in [5, 5.41) is 4.54. The molecule has 0 aromatic heterocycles. The van der Waals surface area contributed by atoms with Gasteiger partial charge < -0.3 is 15.1 Å². The van der Waals surface area contributed by atoms with Gasteiger partial charge in [0.2, 0.25) is 21.8 Å². The number of para-hydroxylation sites is 1. The molecule has 8 nitrogen and oxygen atoms in total. The number of rotatable bonds is 6. The number of sulfonamides is 1.